The number of amidine groups is 1. The van der Waals surface area contributed by atoms with Crippen LogP contribution in [0.5, 0.6) is 0 Å². The van der Waals surface area contributed by atoms with Gasteiger partial charge in [0.05, 0.1) is 17.6 Å². The van der Waals surface area contributed by atoms with Gasteiger partial charge < -0.3 is 58.3 Å². The molecule has 0 fully saturated rings. The second-order valence-electron chi connectivity index (χ2n) is 21.2. The van der Waals surface area contributed by atoms with Gasteiger partial charge in [0.25, 0.3) is 17.7 Å². The number of nitrogens with two attached hydrogens (primary N) is 2. The van der Waals surface area contributed by atoms with E-state index in [-0.39, 0.29) is 93.7 Å². The number of carbonyl (C=O) groups excluding carboxylic acids is 10. The van der Waals surface area contributed by atoms with Crippen LogP contribution in [0, 0.1) is 5.92 Å². The summed E-state index contributed by atoms with van der Waals surface area (Å²) in [7, 11) is 0. The third-order valence-corrected chi connectivity index (χ3v) is 13.9. The van der Waals surface area contributed by atoms with Gasteiger partial charge in [-0.3, -0.25) is 48.2 Å². The van der Waals surface area contributed by atoms with Gasteiger partial charge in [0, 0.05) is 92.7 Å². The molecule has 0 unspecified atom stereocenters. The van der Waals surface area contributed by atoms with Crippen LogP contribution in [0.3, 0.4) is 0 Å². The Morgan fingerprint density at radius 3 is 2.13 bits per heavy atom. The van der Waals surface area contributed by atoms with Crippen molar-refractivity contribution in [3.05, 3.63) is 137 Å². The molecule has 3 aromatic carbocycles. The maximum atomic E-state index is 13.8. The second-order valence-corrected chi connectivity index (χ2v) is 21.2. The van der Waals surface area contributed by atoms with Gasteiger partial charge in [-0.05, 0) is 97.5 Å². The number of carbonyl (C=O) groups is 10. The zero-order chi connectivity index (χ0) is 62.1. The number of fused-ring (bicyclic) bond motifs is 1. The molecular weight excluding hydrogens is 1100 g/mol. The maximum absolute atomic E-state index is 13.8. The Hall–Kier alpha value is -9.74. The zero-order valence-corrected chi connectivity index (χ0v) is 48.9. The summed E-state index contributed by atoms with van der Waals surface area (Å²) >= 11 is 0. The number of hydrogen-bond acceptors (Lipinski definition) is 14. The fourth-order valence-corrected chi connectivity index (χ4v) is 9.41. The zero-order valence-electron chi connectivity index (χ0n) is 48.9. The summed E-state index contributed by atoms with van der Waals surface area (Å²) in [5.41, 5.74) is 16.0. The summed E-state index contributed by atoms with van der Waals surface area (Å²) in [6.45, 7) is 8.93. The minimum Gasteiger partial charge on any atom is -0.445 e. The highest BCUT2D eigenvalue weighted by atomic mass is 16.5. The summed E-state index contributed by atoms with van der Waals surface area (Å²) in [4.78, 5) is 141. The van der Waals surface area contributed by atoms with E-state index < -0.39 is 53.9 Å². The Morgan fingerprint density at radius 2 is 1.44 bits per heavy atom. The van der Waals surface area contributed by atoms with Gasteiger partial charge in [-0.1, -0.05) is 82.6 Å². The number of aliphatic imine (C=N–C) groups is 1. The number of primary amides is 1. The predicted octanol–water partition coefficient (Wildman–Crippen LogP) is 5.41. The molecule has 6 rings (SSSR count). The summed E-state index contributed by atoms with van der Waals surface area (Å²) in [6.07, 6.45) is 10.2. The summed E-state index contributed by atoms with van der Waals surface area (Å²) in [5.74, 6) is -3.48. The SMILES string of the molecule is CCCN(CCC)C(=O)C1=Cc2ccc(C(=O)Nc3cncc(CNC(=O)[C@H](Cc4ccccc4)NC(=O)OCc4ccc(NC(=O)[C@H](CCCNC(N)=O)NC(=O)[C@@H](NC(=O)CCCCCN5C(=O)C=CC5=O)C(C)C)cc4)c3)cc2N=C(N)C1. The molecule has 2 aliphatic heterocycles. The first-order valence-corrected chi connectivity index (χ1v) is 28.8. The second kappa shape index (κ2) is 32.9. The molecule has 0 spiro atoms. The molecule has 24 heteroatoms. The van der Waals surface area contributed by atoms with Gasteiger partial charge in [-0.2, -0.15) is 0 Å². The lowest BCUT2D eigenvalue weighted by Gasteiger charge is -2.25. The molecule has 3 atom stereocenters. The van der Waals surface area contributed by atoms with E-state index in [9.17, 15) is 47.9 Å². The number of nitrogens with zero attached hydrogens (tertiary/aromatic N) is 4. The van der Waals surface area contributed by atoms with Crippen LogP contribution in [-0.4, -0.2) is 124 Å². The molecule has 0 bridgehead atoms. The van der Waals surface area contributed by atoms with Crippen molar-refractivity contribution in [2.75, 3.05) is 36.8 Å². The molecule has 2 aliphatic rings. The van der Waals surface area contributed by atoms with E-state index >= 15 is 0 Å². The molecular formula is C62H77N13O11. The van der Waals surface area contributed by atoms with Crippen molar-refractivity contribution in [3.63, 3.8) is 0 Å². The lowest BCUT2D eigenvalue weighted by Crippen LogP contribution is -2.54. The van der Waals surface area contributed by atoms with E-state index in [4.69, 9.17) is 16.2 Å². The highest BCUT2D eigenvalue weighted by Crippen LogP contribution is 2.29. The summed E-state index contributed by atoms with van der Waals surface area (Å²) in [5, 5.41) is 19.1. The monoisotopic (exact) mass is 1180 g/mol. The molecule has 86 heavy (non-hydrogen) atoms. The standard InChI is InChI=1S/C62H77N13O11/c1-5-27-74(28-6-2)60(83)45-32-43-20-21-44(33-49(43)70-51(63)34-45)56(79)69-47-30-42(35-65-37-47)36-67-57(80)50(31-40-14-9-7-10-15-40)72-62(85)86-38-41-18-22-46(23-19-41)68-58(81)48(16-13-26-66-61(64)84)71-59(82)55(39(3)4)73-52(76)17-11-8-12-29-75-53(77)24-25-54(75)78/h7,9-10,14-15,18-25,30,32-33,35,37,39,48,50,55H,5-6,8,11-13,16-17,26-29,31,34,36,38H2,1-4H3,(H2,63,70)(H,67,80)(H,68,81)(H,69,79)(H,71,82)(H,72,85)(H,73,76)(H3,64,66,84)/t48-,50-,55-/m0/s1. The molecule has 4 aromatic rings. The van der Waals surface area contributed by atoms with Crippen molar-refractivity contribution in [1.82, 2.24) is 41.4 Å². The van der Waals surface area contributed by atoms with Crippen molar-refractivity contribution in [3.8, 4) is 0 Å². The van der Waals surface area contributed by atoms with Crippen LogP contribution >= 0.6 is 0 Å². The molecule has 456 valence electrons. The molecule has 0 saturated heterocycles. The average Bonchev–Trinajstić information content (AvgIpc) is 3.16. The number of urea groups is 1. The van der Waals surface area contributed by atoms with Crippen LogP contribution in [0.25, 0.3) is 6.08 Å². The van der Waals surface area contributed by atoms with E-state index in [2.05, 4.69) is 47.2 Å². The van der Waals surface area contributed by atoms with Crippen LogP contribution in [0.1, 0.15) is 118 Å². The summed E-state index contributed by atoms with van der Waals surface area (Å²) < 4.78 is 5.54. The van der Waals surface area contributed by atoms with Crippen molar-refractivity contribution < 1.29 is 52.7 Å². The number of rotatable bonds is 31. The number of alkyl carbamates (subject to hydrolysis) is 1. The topological polar surface area (TPSA) is 348 Å². The number of benzene rings is 3. The fourth-order valence-electron chi connectivity index (χ4n) is 9.41. The molecule has 24 nitrogen and oxygen atoms in total. The predicted molar refractivity (Wildman–Crippen MR) is 324 cm³/mol. The maximum Gasteiger partial charge on any atom is 0.408 e. The Labute approximate surface area is 499 Å². The number of imide groups is 1. The van der Waals surface area contributed by atoms with Gasteiger partial charge >= 0.3 is 12.1 Å². The Bertz CT molecular complexity index is 3160. The number of anilines is 2. The molecule has 0 aliphatic carbocycles. The van der Waals surface area contributed by atoms with Crippen LogP contribution in [0.4, 0.5) is 26.7 Å². The third-order valence-electron chi connectivity index (χ3n) is 13.9. The molecule has 11 amide bonds. The smallest absolute Gasteiger partial charge is 0.408 e. The summed E-state index contributed by atoms with van der Waals surface area (Å²) in [6, 6.07) is 18.2. The van der Waals surface area contributed by atoms with Crippen LogP contribution in [-0.2, 0) is 57.9 Å². The first kappa shape index (κ1) is 65.4. The van der Waals surface area contributed by atoms with Crippen LogP contribution < -0.4 is 48.7 Å². The first-order chi connectivity index (χ1) is 41.3. The molecule has 11 N–H and O–H groups in total. The third kappa shape index (κ3) is 20.6. The lowest BCUT2D eigenvalue weighted by molar-refractivity contribution is -0.137. The van der Waals surface area contributed by atoms with Crippen molar-refractivity contribution >= 4 is 88.4 Å². The van der Waals surface area contributed by atoms with E-state index in [1.54, 1.807) is 68.5 Å². The number of amides is 11. The van der Waals surface area contributed by atoms with Crippen molar-refractivity contribution in [2.24, 2.45) is 22.4 Å². The van der Waals surface area contributed by atoms with E-state index in [1.165, 1.54) is 24.5 Å². The van der Waals surface area contributed by atoms with Crippen molar-refractivity contribution in [1.29, 1.82) is 0 Å². The average molecular weight is 1180 g/mol. The number of pyridine rings is 1. The van der Waals surface area contributed by atoms with E-state index in [0.29, 0.717) is 77.2 Å². The van der Waals surface area contributed by atoms with Gasteiger partial charge in [-0.25, -0.2) is 14.6 Å². The van der Waals surface area contributed by atoms with E-state index in [0.717, 1.165) is 23.3 Å². The Balaban J connectivity index is 1.01. The quantitative estimate of drug-likeness (QED) is 0.0225. The minimum atomic E-state index is -1.10. The van der Waals surface area contributed by atoms with Gasteiger partial charge in [0.1, 0.15) is 30.6 Å². The minimum absolute atomic E-state index is 0.0116. The highest BCUT2D eigenvalue weighted by Gasteiger charge is 2.30. The largest absolute Gasteiger partial charge is 0.445 e. The number of hydrogen-bond donors (Lipinski definition) is 9. The van der Waals surface area contributed by atoms with Gasteiger partial charge in [0.15, 0.2) is 0 Å². The number of unbranched alkanes of at least 4 members (excludes halogenated alkanes) is 2. The molecule has 1 aromatic heterocycles. The lowest BCUT2D eigenvalue weighted by atomic mass is 10.0. The van der Waals surface area contributed by atoms with Crippen LogP contribution in [0.15, 0.2) is 114 Å². The number of aromatic nitrogens is 1. The Kier molecular flexibility index (Phi) is 25.0. The van der Waals surface area contributed by atoms with Gasteiger partial charge in [0.2, 0.25) is 29.5 Å². The van der Waals surface area contributed by atoms with Crippen LogP contribution in [0.2, 0.25) is 0 Å². The molecule has 0 saturated carbocycles. The highest BCUT2D eigenvalue weighted by molar-refractivity contribution is 6.13. The Morgan fingerprint density at radius 1 is 0.721 bits per heavy atom. The molecule has 3 heterocycles. The molecule has 0 radical (unpaired) electrons. The van der Waals surface area contributed by atoms with Crippen molar-refractivity contribution in [2.45, 2.75) is 123 Å². The van der Waals surface area contributed by atoms with E-state index in [1.807, 2.05) is 49.1 Å². The van der Waals surface area contributed by atoms with Gasteiger partial charge in [-0.15, -0.1) is 0 Å². The normalized spacial score (nSPS) is 13.6. The number of ether oxygens (including phenoxy) is 1. The fraction of sp³-hybridized carbons (Fsp3) is 0.387. The number of nitrogens with one attached hydrogen (secondary N) is 7. The first-order valence-electron chi connectivity index (χ1n) is 28.8.